The van der Waals surface area contributed by atoms with Gasteiger partial charge in [0.05, 0.1) is 20.3 Å². The molecule has 1 rings (SSSR count). The summed E-state index contributed by atoms with van der Waals surface area (Å²) >= 11 is 5.11. The molecule has 3 nitrogen and oxygen atoms in total. The zero-order valence-corrected chi connectivity index (χ0v) is 12.6. The molecule has 96 valence electrons. The van der Waals surface area contributed by atoms with Gasteiger partial charge in [-0.3, -0.25) is 0 Å². The van der Waals surface area contributed by atoms with E-state index in [4.69, 9.17) is 9.47 Å². The molecule has 0 fully saturated rings. The summed E-state index contributed by atoms with van der Waals surface area (Å²) in [7, 11) is 3.19. The molecule has 0 aromatic heterocycles. The van der Waals surface area contributed by atoms with E-state index in [0.29, 0.717) is 17.3 Å². The lowest BCUT2D eigenvalue weighted by Gasteiger charge is -2.17. The Kier molecular flexibility index (Phi) is 6.16. The van der Waals surface area contributed by atoms with Crippen LogP contribution in [-0.2, 0) is 0 Å². The second-order valence-corrected chi connectivity index (χ2v) is 5.49. The fraction of sp³-hybridized carbons (Fsp3) is 0.500. The fourth-order valence-corrected chi connectivity index (χ4v) is 2.82. The molecule has 1 N–H and O–H groups in total. The van der Waals surface area contributed by atoms with Crippen LogP contribution in [0.4, 0.5) is 0 Å². The summed E-state index contributed by atoms with van der Waals surface area (Å²) < 4.78 is 11.2. The van der Waals surface area contributed by atoms with Crippen molar-refractivity contribution in [3.8, 4) is 11.5 Å². The highest BCUT2D eigenvalue weighted by Crippen LogP contribution is 2.40. The van der Waals surface area contributed by atoms with Crippen molar-refractivity contribution < 1.29 is 14.6 Å². The van der Waals surface area contributed by atoms with Gasteiger partial charge in [0.25, 0.3) is 0 Å². The highest BCUT2D eigenvalue weighted by atomic mass is 79.9. The molecule has 0 saturated heterocycles. The maximum absolute atomic E-state index is 10.1. The summed E-state index contributed by atoms with van der Waals surface area (Å²) in [6.45, 7) is 2.07. The number of rotatable bonds is 6. The third-order valence-corrected chi connectivity index (χ3v) is 4.07. The normalized spacial score (nSPS) is 12.3. The van der Waals surface area contributed by atoms with Gasteiger partial charge in [-0.25, -0.2) is 0 Å². The van der Waals surface area contributed by atoms with Crippen LogP contribution in [-0.4, -0.2) is 30.8 Å². The van der Waals surface area contributed by atoms with Crippen molar-refractivity contribution in [2.45, 2.75) is 13.0 Å². The molecule has 1 aromatic rings. The number of hydrogen-bond acceptors (Lipinski definition) is 4. The Hall–Kier alpha value is -0.390. The van der Waals surface area contributed by atoms with Crippen LogP contribution in [0.1, 0.15) is 18.6 Å². The molecule has 0 aliphatic heterocycles. The van der Waals surface area contributed by atoms with Crippen LogP contribution in [0.25, 0.3) is 0 Å². The van der Waals surface area contributed by atoms with Gasteiger partial charge < -0.3 is 14.6 Å². The molecule has 0 aliphatic rings. The molecule has 1 unspecified atom stereocenters. The first kappa shape index (κ1) is 14.7. The highest BCUT2D eigenvalue weighted by molar-refractivity contribution is 9.10. The lowest BCUT2D eigenvalue weighted by molar-refractivity contribution is 0.198. The van der Waals surface area contributed by atoms with Crippen LogP contribution in [0.15, 0.2) is 16.6 Å². The van der Waals surface area contributed by atoms with Gasteiger partial charge in [-0.15, -0.1) is 0 Å². The van der Waals surface area contributed by atoms with Gasteiger partial charge in [0, 0.05) is 11.3 Å². The number of ether oxygens (including phenoxy) is 2. The zero-order chi connectivity index (χ0) is 12.8. The molecule has 0 heterocycles. The first-order valence-corrected chi connectivity index (χ1v) is 7.26. The molecular weight excluding hydrogens is 304 g/mol. The van der Waals surface area contributed by atoms with Crippen molar-refractivity contribution in [1.82, 2.24) is 0 Å². The maximum Gasteiger partial charge on any atom is 0.142 e. The Labute approximate surface area is 115 Å². The molecule has 0 bridgehead atoms. The van der Waals surface area contributed by atoms with E-state index in [2.05, 4.69) is 22.9 Å². The molecule has 0 aliphatic carbocycles. The summed E-state index contributed by atoms with van der Waals surface area (Å²) in [5.41, 5.74) is 0.779. The van der Waals surface area contributed by atoms with E-state index in [9.17, 15) is 5.11 Å². The van der Waals surface area contributed by atoms with Crippen LogP contribution in [0.2, 0.25) is 0 Å². The van der Waals surface area contributed by atoms with E-state index in [1.54, 1.807) is 26.0 Å². The summed E-state index contributed by atoms with van der Waals surface area (Å²) in [6, 6.07) is 3.66. The van der Waals surface area contributed by atoms with Gasteiger partial charge in [-0.05, 0) is 33.8 Å². The topological polar surface area (TPSA) is 38.7 Å². The minimum absolute atomic E-state index is 0.530. The lowest BCUT2D eigenvalue weighted by Crippen LogP contribution is -2.04. The van der Waals surface area contributed by atoms with Crippen molar-refractivity contribution in [3.05, 3.63) is 22.2 Å². The summed E-state index contributed by atoms with van der Waals surface area (Å²) in [5, 5.41) is 10.1. The monoisotopic (exact) mass is 320 g/mol. The van der Waals surface area contributed by atoms with E-state index >= 15 is 0 Å². The Balaban J connectivity index is 3.03. The first-order chi connectivity index (χ1) is 8.15. The van der Waals surface area contributed by atoms with E-state index in [1.807, 2.05) is 12.1 Å². The average molecular weight is 321 g/mol. The smallest absolute Gasteiger partial charge is 0.142 e. The van der Waals surface area contributed by atoms with Crippen LogP contribution < -0.4 is 9.47 Å². The Morgan fingerprint density at radius 1 is 1.35 bits per heavy atom. The molecule has 0 amide bonds. The molecule has 0 saturated carbocycles. The summed E-state index contributed by atoms with van der Waals surface area (Å²) in [5.74, 6) is 2.97. The molecule has 1 aromatic carbocycles. The van der Waals surface area contributed by atoms with E-state index in [1.165, 1.54) is 0 Å². The van der Waals surface area contributed by atoms with Gasteiger partial charge in [0.2, 0.25) is 0 Å². The maximum atomic E-state index is 10.1. The van der Waals surface area contributed by atoms with Crippen LogP contribution in [0.5, 0.6) is 11.5 Å². The number of aliphatic hydroxyl groups is 1. The SMILES string of the molecule is CCSCC(O)c1ccc(OC)c(Br)c1OC. The average Bonchev–Trinajstić information content (AvgIpc) is 2.35. The largest absolute Gasteiger partial charge is 0.495 e. The molecule has 1 atom stereocenters. The van der Waals surface area contributed by atoms with Crippen LogP contribution in [0, 0.1) is 0 Å². The Morgan fingerprint density at radius 3 is 2.59 bits per heavy atom. The second-order valence-electron chi connectivity index (χ2n) is 3.38. The number of methoxy groups -OCH3 is 2. The van der Waals surface area contributed by atoms with E-state index in [-0.39, 0.29) is 0 Å². The van der Waals surface area contributed by atoms with Crippen LogP contribution in [0.3, 0.4) is 0 Å². The van der Waals surface area contributed by atoms with Gasteiger partial charge in [-0.1, -0.05) is 6.92 Å². The quantitative estimate of drug-likeness (QED) is 0.873. The molecule has 0 radical (unpaired) electrons. The second kappa shape index (κ2) is 7.13. The van der Waals surface area contributed by atoms with Crippen molar-refractivity contribution in [1.29, 1.82) is 0 Å². The summed E-state index contributed by atoms with van der Waals surface area (Å²) in [6.07, 6.45) is -0.530. The zero-order valence-electron chi connectivity index (χ0n) is 10.2. The van der Waals surface area contributed by atoms with Gasteiger partial charge in [-0.2, -0.15) is 11.8 Å². The van der Waals surface area contributed by atoms with Crippen LogP contribution >= 0.6 is 27.7 Å². The molecule has 17 heavy (non-hydrogen) atoms. The fourth-order valence-electron chi connectivity index (χ4n) is 1.50. The van der Waals surface area contributed by atoms with Crippen molar-refractivity contribution >= 4 is 27.7 Å². The predicted octanol–water partition coefficient (Wildman–Crippen LogP) is 3.25. The number of halogens is 1. The van der Waals surface area contributed by atoms with Crippen molar-refractivity contribution in [2.75, 3.05) is 25.7 Å². The minimum Gasteiger partial charge on any atom is -0.495 e. The Bertz CT molecular complexity index is 371. The van der Waals surface area contributed by atoms with E-state index in [0.717, 1.165) is 15.8 Å². The Morgan fingerprint density at radius 2 is 2.06 bits per heavy atom. The van der Waals surface area contributed by atoms with Crippen molar-refractivity contribution in [2.24, 2.45) is 0 Å². The number of hydrogen-bond donors (Lipinski definition) is 1. The lowest BCUT2D eigenvalue weighted by atomic mass is 10.1. The van der Waals surface area contributed by atoms with Crippen molar-refractivity contribution in [3.63, 3.8) is 0 Å². The third kappa shape index (κ3) is 3.53. The number of aliphatic hydroxyl groups excluding tert-OH is 1. The first-order valence-electron chi connectivity index (χ1n) is 5.31. The van der Waals surface area contributed by atoms with E-state index < -0.39 is 6.10 Å². The summed E-state index contributed by atoms with van der Waals surface area (Å²) in [4.78, 5) is 0. The highest BCUT2D eigenvalue weighted by Gasteiger charge is 2.18. The van der Waals surface area contributed by atoms with Gasteiger partial charge >= 0.3 is 0 Å². The van der Waals surface area contributed by atoms with Gasteiger partial charge in [0.1, 0.15) is 16.0 Å². The standard InChI is InChI=1S/C12H17BrO3S/c1-4-17-7-9(14)8-5-6-10(15-2)11(13)12(8)16-3/h5-6,9,14H,4,7H2,1-3H3. The van der Waals surface area contributed by atoms with Gasteiger partial charge in [0.15, 0.2) is 0 Å². The molecule has 0 spiro atoms. The number of thioether (sulfide) groups is 1. The third-order valence-electron chi connectivity index (χ3n) is 2.36. The molecular formula is C12H17BrO3S. The number of benzene rings is 1. The predicted molar refractivity (Wildman–Crippen MR) is 75.2 cm³/mol. The molecule has 5 heteroatoms. The minimum atomic E-state index is -0.530.